The predicted octanol–water partition coefficient (Wildman–Crippen LogP) is 3.78. The summed E-state index contributed by atoms with van der Waals surface area (Å²) in [4.78, 5) is 26.9. The highest BCUT2D eigenvalue weighted by Crippen LogP contribution is 2.32. The van der Waals surface area contributed by atoms with E-state index in [0.717, 1.165) is 38.1 Å². The van der Waals surface area contributed by atoms with Crippen molar-refractivity contribution in [2.75, 3.05) is 31.5 Å². The van der Waals surface area contributed by atoms with Crippen LogP contribution in [0.25, 0.3) is 0 Å². The molecule has 0 unspecified atom stereocenters. The van der Waals surface area contributed by atoms with Crippen molar-refractivity contribution in [3.8, 4) is 0 Å². The first-order chi connectivity index (χ1) is 13.8. The third-order valence-corrected chi connectivity index (χ3v) is 4.73. The number of alkyl halides is 3. The summed E-state index contributed by atoms with van der Waals surface area (Å²) in [5.74, 6) is -1.16. The standard InChI is InChI=1S/C21H22F3N3O2/c22-21(23,24)17-12-16(19(28)25-8-11-27-9-4-5-10-27)13-18(14-17)26-20(29)15-6-2-1-3-7-15/h1-3,6-7,12-14H,4-5,8-11H2,(H,25,28)(H,26,29). The zero-order valence-electron chi connectivity index (χ0n) is 15.8. The summed E-state index contributed by atoms with van der Waals surface area (Å²) in [5, 5.41) is 5.10. The number of carbonyl (C=O) groups is 2. The smallest absolute Gasteiger partial charge is 0.351 e. The molecule has 1 fully saturated rings. The van der Waals surface area contributed by atoms with Gasteiger partial charge in [-0.15, -0.1) is 0 Å². The van der Waals surface area contributed by atoms with Crippen molar-refractivity contribution in [1.82, 2.24) is 10.2 Å². The Morgan fingerprint density at radius 2 is 1.62 bits per heavy atom. The molecule has 0 aliphatic carbocycles. The van der Waals surface area contributed by atoms with Crippen LogP contribution in [0.3, 0.4) is 0 Å². The van der Waals surface area contributed by atoms with Crippen LogP contribution < -0.4 is 10.6 Å². The average molecular weight is 405 g/mol. The predicted molar refractivity (Wildman–Crippen MR) is 104 cm³/mol. The molecule has 5 nitrogen and oxygen atoms in total. The molecule has 2 aromatic carbocycles. The van der Waals surface area contributed by atoms with Crippen molar-refractivity contribution in [2.24, 2.45) is 0 Å². The maximum absolute atomic E-state index is 13.3. The van der Waals surface area contributed by atoms with Gasteiger partial charge >= 0.3 is 6.18 Å². The molecule has 2 aromatic rings. The maximum Gasteiger partial charge on any atom is 0.416 e. The van der Waals surface area contributed by atoms with Crippen molar-refractivity contribution >= 4 is 17.5 Å². The summed E-state index contributed by atoms with van der Waals surface area (Å²) < 4.78 is 39.8. The van der Waals surface area contributed by atoms with E-state index in [0.29, 0.717) is 18.7 Å². The van der Waals surface area contributed by atoms with Crippen LogP contribution in [0.15, 0.2) is 48.5 Å². The second kappa shape index (κ2) is 9.09. The number of hydrogen-bond donors (Lipinski definition) is 2. The Kier molecular flexibility index (Phi) is 6.53. The molecule has 0 spiro atoms. The van der Waals surface area contributed by atoms with E-state index in [1.165, 1.54) is 6.07 Å². The summed E-state index contributed by atoms with van der Waals surface area (Å²) in [6, 6.07) is 11.0. The maximum atomic E-state index is 13.3. The van der Waals surface area contributed by atoms with E-state index in [4.69, 9.17) is 0 Å². The van der Waals surface area contributed by atoms with Gasteiger partial charge in [0.15, 0.2) is 0 Å². The number of rotatable bonds is 6. The molecule has 2 N–H and O–H groups in total. The minimum atomic E-state index is -4.64. The minimum Gasteiger partial charge on any atom is -0.351 e. The summed E-state index contributed by atoms with van der Waals surface area (Å²) >= 11 is 0. The molecule has 1 saturated heterocycles. The average Bonchev–Trinajstić information content (AvgIpc) is 3.21. The molecule has 3 rings (SSSR count). The Morgan fingerprint density at radius 1 is 0.931 bits per heavy atom. The number of carbonyl (C=O) groups excluding carboxylic acids is 2. The monoisotopic (exact) mass is 405 g/mol. The van der Waals surface area contributed by atoms with E-state index in [2.05, 4.69) is 15.5 Å². The van der Waals surface area contributed by atoms with Gasteiger partial charge in [0.2, 0.25) is 0 Å². The number of hydrogen-bond acceptors (Lipinski definition) is 3. The lowest BCUT2D eigenvalue weighted by molar-refractivity contribution is -0.137. The SMILES string of the molecule is O=C(NCCN1CCCC1)c1cc(NC(=O)c2ccccc2)cc(C(F)(F)F)c1. The van der Waals surface area contributed by atoms with Crippen molar-refractivity contribution in [3.05, 3.63) is 65.2 Å². The Bertz CT molecular complexity index is 863. The second-order valence-corrected chi connectivity index (χ2v) is 6.92. The fraction of sp³-hybridized carbons (Fsp3) is 0.333. The minimum absolute atomic E-state index is 0.0848. The molecule has 1 aliphatic rings. The van der Waals surface area contributed by atoms with Gasteiger partial charge in [0, 0.05) is 29.9 Å². The molecular formula is C21H22F3N3O2. The van der Waals surface area contributed by atoms with E-state index < -0.39 is 23.6 Å². The van der Waals surface area contributed by atoms with Gasteiger partial charge in [-0.1, -0.05) is 18.2 Å². The highest BCUT2D eigenvalue weighted by Gasteiger charge is 2.32. The number of nitrogens with zero attached hydrogens (tertiary/aromatic N) is 1. The third kappa shape index (κ3) is 5.80. The molecule has 1 heterocycles. The number of anilines is 1. The van der Waals surface area contributed by atoms with Crippen LogP contribution in [0, 0.1) is 0 Å². The molecule has 1 aliphatic heterocycles. The molecule has 8 heteroatoms. The zero-order valence-corrected chi connectivity index (χ0v) is 15.8. The van der Waals surface area contributed by atoms with E-state index in [1.807, 2.05) is 0 Å². The lowest BCUT2D eigenvalue weighted by atomic mass is 10.1. The van der Waals surface area contributed by atoms with Gasteiger partial charge in [-0.05, 0) is 56.3 Å². The first-order valence-electron chi connectivity index (χ1n) is 9.42. The Hall–Kier alpha value is -2.87. The number of amides is 2. The van der Waals surface area contributed by atoms with Crippen LogP contribution in [-0.4, -0.2) is 42.9 Å². The molecule has 0 radical (unpaired) electrons. The molecule has 0 bridgehead atoms. The zero-order chi connectivity index (χ0) is 20.9. The van der Waals surface area contributed by atoms with Gasteiger partial charge in [-0.3, -0.25) is 9.59 Å². The van der Waals surface area contributed by atoms with Crippen molar-refractivity contribution in [2.45, 2.75) is 19.0 Å². The normalized spacial score (nSPS) is 14.6. The summed E-state index contributed by atoms with van der Waals surface area (Å²) in [6.07, 6.45) is -2.41. The Morgan fingerprint density at radius 3 is 2.28 bits per heavy atom. The quantitative estimate of drug-likeness (QED) is 0.769. The number of benzene rings is 2. The lowest BCUT2D eigenvalue weighted by Gasteiger charge is -2.16. The van der Waals surface area contributed by atoms with Crippen LogP contribution in [0.1, 0.15) is 39.1 Å². The van der Waals surface area contributed by atoms with Crippen LogP contribution in [-0.2, 0) is 6.18 Å². The van der Waals surface area contributed by atoms with Crippen LogP contribution in [0.5, 0.6) is 0 Å². The van der Waals surface area contributed by atoms with Gasteiger partial charge in [-0.2, -0.15) is 13.2 Å². The number of nitrogens with one attached hydrogen (secondary N) is 2. The second-order valence-electron chi connectivity index (χ2n) is 6.92. The molecule has 0 atom stereocenters. The van der Waals surface area contributed by atoms with Crippen molar-refractivity contribution < 1.29 is 22.8 Å². The molecule has 154 valence electrons. The van der Waals surface area contributed by atoms with E-state index in [1.54, 1.807) is 30.3 Å². The fourth-order valence-electron chi connectivity index (χ4n) is 3.22. The highest BCUT2D eigenvalue weighted by atomic mass is 19.4. The topological polar surface area (TPSA) is 61.4 Å². The highest BCUT2D eigenvalue weighted by molar-refractivity contribution is 6.05. The third-order valence-electron chi connectivity index (χ3n) is 4.73. The van der Waals surface area contributed by atoms with Gasteiger partial charge in [-0.25, -0.2) is 0 Å². The fourth-order valence-corrected chi connectivity index (χ4v) is 3.22. The van der Waals surface area contributed by atoms with E-state index in [-0.39, 0.29) is 11.3 Å². The lowest BCUT2D eigenvalue weighted by Crippen LogP contribution is -2.33. The first kappa shape index (κ1) is 20.9. The van der Waals surface area contributed by atoms with Crippen LogP contribution in [0.2, 0.25) is 0 Å². The van der Waals surface area contributed by atoms with Gasteiger partial charge < -0.3 is 15.5 Å². The largest absolute Gasteiger partial charge is 0.416 e. The number of halogens is 3. The summed E-state index contributed by atoms with van der Waals surface area (Å²) in [6.45, 7) is 2.94. The van der Waals surface area contributed by atoms with Gasteiger partial charge in [0.25, 0.3) is 11.8 Å². The van der Waals surface area contributed by atoms with Crippen LogP contribution >= 0.6 is 0 Å². The summed E-state index contributed by atoms with van der Waals surface area (Å²) in [7, 11) is 0. The van der Waals surface area contributed by atoms with Crippen molar-refractivity contribution in [3.63, 3.8) is 0 Å². The molecule has 29 heavy (non-hydrogen) atoms. The molecule has 0 aromatic heterocycles. The Balaban J connectivity index is 1.74. The molecular weight excluding hydrogens is 383 g/mol. The summed E-state index contributed by atoms with van der Waals surface area (Å²) in [5.41, 5.74) is -0.919. The van der Waals surface area contributed by atoms with E-state index >= 15 is 0 Å². The Labute approximate surface area is 166 Å². The van der Waals surface area contributed by atoms with Crippen molar-refractivity contribution in [1.29, 1.82) is 0 Å². The van der Waals surface area contributed by atoms with Gasteiger partial charge in [0.05, 0.1) is 5.56 Å². The van der Waals surface area contributed by atoms with E-state index in [9.17, 15) is 22.8 Å². The molecule has 2 amide bonds. The number of likely N-dealkylation sites (tertiary alicyclic amines) is 1. The van der Waals surface area contributed by atoms with Crippen LogP contribution in [0.4, 0.5) is 18.9 Å². The molecule has 0 saturated carbocycles. The first-order valence-corrected chi connectivity index (χ1v) is 9.42. The van der Waals surface area contributed by atoms with Gasteiger partial charge in [0.1, 0.15) is 0 Å².